The Morgan fingerprint density at radius 2 is 1.90 bits per heavy atom. The first-order valence-corrected chi connectivity index (χ1v) is 4.12. The summed E-state index contributed by atoms with van der Waals surface area (Å²) < 4.78 is 0. The molecule has 62 valence electrons. The van der Waals surface area contributed by atoms with Crippen LogP contribution in [0.15, 0.2) is 0 Å². The summed E-state index contributed by atoms with van der Waals surface area (Å²) in [5.41, 5.74) is 0. The Kier molecular flexibility index (Phi) is 6.08. The SMILES string of the molecule is CC(O)CCCC(O)CCl. The minimum atomic E-state index is -0.402. The van der Waals surface area contributed by atoms with Crippen LogP contribution in [-0.4, -0.2) is 28.3 Å². The maximum atomic E-state index is 8.96. The molecule has 0 spiro atoms. The van der Waals surface area contributed by atoms with Crippen molar-refractivity contribution < 1.29 is 10.2 Å². The summed E-state index contributed by atoms with van der Waals surface area (Å²) in [4.78, 5) is 0. The predicted octanol–water partition coefficient (Wildman–Crippen LogP) is 1.14. The van der Waals surface area contributed by atoms with Crippen molar-refractivity contribution in [2.45, 2.75) is 38.4 Å². The van der Waals surface area contributed by atoms with E-state index in [1.807, 2.05) is 0 Å². The summed E-state index contributed by atoms with van der Waals surface area (Å²) >= 11 is 5.35. The van der Waals surface area contributed by atoms with Crippen LogP contribution >= 0.6 is 11.6 Å². The highest BCUT2D eigenvalue weighted by molar-refractivity contribution is 6.18. The molecule has 3 heteroatoms. The second kappa shape index (κ2) is 5.96. The summed E-state index contributed by atoms with van der Waals surface area (Å²) in [6.07, 6.45) is 1.61. The normalized spacial score (nSPS) is 16.8. The molecule has 0 amide bonds. The second-order valence-electron chi connectivity index (χ2n) is 2.59. The fourth-order valence-electron chi connectivity index (χ4n) is 0.726. The first-order chi connectivity index (χ1) is 4.66. The van der Waals surface area contributed by atoms with Gasteiger partial charge in [0, 0.05) is 5.88 Å². The van der Waals surface area contributed by atoms with Crippen LogP contribution in [0.5, 0.6) is 0 Å². The topological polar surface area (TPSA) is 40.5 Å². The van der Waals surface area contributed by atoms with Crippen molar-refractivity contribution >= 4 is 11.6 Å². The minimum Gasteiger partial charge on any atom is -0.393 e. The van der Waals surface area contributed by atoms with E-state index in [0.29, 0.717) is 12.3 Å². The van der Waals surface area contributed by atoms with Crippen LogP contribution in [0, 0.1) is 0 Å². The lowest BCUT2D eigenvalue weighted by molar-refractivity contribution is 0.155. The Morgan fingerprint density at radius 1 is 1.30 bits per heavy atom. The quantitative estimate of drug-likeness (QED) is 0.602. The zero-order valence-corrected chi connectivity index (χ0v) is 7.01. The van der Waals surface area contributed by atoms with Crippen LogP contribution in [0.1, 0.15) is 26.2 Å². The lowest BCUT2D eigenvalue weighted by atomic mass is 10.1. The Morgan fingerprint density at radius 3 is 2.30 bits per heavy atom. The molecule has 0 saturated heterocycles. The first-order valence-electron chi connectivity index (χ1n) is 3.59. The Labute approximate surface area is 66.8 Å². The van der Waals surface area contributed by atoms with E-state index >= 15 is 0 Å². The third-order valence-electron chi connectivity index (χ3n) is 1.34. The standard InChI is InChI=1S/C7H15ClO2/c1-6(9)3-2-4-7(10)5-8/h6-7,9-10H,2-5H2,1H3. The summed E-state index contributed by atoms with van der Waals surface area (Å²) in [5, 5.41) is 17.8. The van der Waals surface area contributed by atoms with E-state index < -0.39 is 6.10 Å². The molecule has 0 bridgehead atoms. The molecule has 0 aliphatic rings. The monoisotopic (exact) mass is 166 g/mol. The van der Waals surface area contributed by atoms with Gasteiger partial charge in [-0.2, -0.15) is 0 Å². The maximum Gasteiger partial charge on any atom is 0.0675 e. The van der Waals surface area contributed by atoms with Crippen molar-refractivity contribution in [3.8, 4) is 0 Å². The van der Waals surface area contributed by atoms with Gasteiger partial charge < -0.3 is 10.2 Å². The molecular weight excluding hydrogens is 152 g/mol. The number of halogens is 1. The Bertz CT molecular complexity index is 76.0. The van der Waals surface area contributed by atoms with Gasteiger partial charge in [0.05, 0.1) is 12.2 Å². The van der Waals surface area contributed by atoms with E-state index in [1.165, 1.54) is 0 Å². The van der Waals surface area contributed by atoms with Crippen molar-refractivity contribution in [1.82, 2.24) is 0 Å². The number of aliphatic hydroxyl groups excluding tert-OH is 2. The Hall–Kier alpha value is 0.210. The molecule has 0 saturated carbocycles. The predicted molar refractivity (Wildman–Crippen MR) is 42.3 cm³/mol. The number of aliphatic hydroxyl groups is 2. The molecule has 10 heavy (non-hydrogen) atoms. The van der Waals surface area contributed by atoms with Gasteiger partial charge in [-0.15, -0.1) is 11.6 Å². The molecule has 0 aromatic carbocycles. The zero-order chi connectivity index (χ0) is 7.98. The summed E-state index contributed by atoms with van der Waals surface area (Å²) in [7, 11) is 0. The molecule has 0 aliphatic carbocycles. The van der Waals surface area contributed by atoms with Gasteiger partial charge in [-0.1, -0.05) is 0 Å². The lowest BCUT2D eigenvalue weighted by Crippen LogP contribution is -2.09. The highest BCUT2D eigenvalue weighted by Crippen LogP contribution is 2.04. The molecule has 0 aromatic rings. The molecule has 0 radical (unpaired) electrons. The van der Waals surface area contributed by atoms with E-state index in [9.17, 15) is 0 Å². The van der Waals surface area contributed by atoms with Gasteiger partial charge >= 0.3 is 0 Å². The highest BCUT2D eigenvalue weighted by atomic mass is 35.5. The average molecular weight is 167 g/mol. The molecule has 2 N–H and O–H groups in total. The van der Waals surface area contributed by atoms with Gasteiger partial charge in [-0.05, 0) is 26.2 Å². The van der Waals surface area contributed by atoms with E-state index in [-0.39, 0.29) is 6.10 Å². The first kappa shape index (κ1) is 10.2. The van der Waals surface area contributed by atoms with Gasteiger partial charge in [-0.3, -0.25) is 0 Å². The molecule has 0 heterocycles. The number of rotatable bonds is 5. The molecule has 2 unspecified atom stereocenters. The van der Waals surface area contributed by atoms with Crippen LogP contribution in [0.2, 0.25) is 0 Å². The average Bonchev–Trinajstić information content (AvgIpc) is 1.87. The third kappa shape index (κ3) is 6.33. The van der Waals surface area contributed by atoms with Gasteiger partial charge in [0.15, 0.2) is 0 Å². The highest BCUT2D eigenvalue weighted by Gasteiger charge is 2.02. The molecule has 2 atom stereocenters. The van der Waals surface area contributed by atoms with Gasteiger partial charge in [0.25, 0.3) is 0 Å². The second-order valence-corrected chi connectivity index (χ2v) is 2.90. The zero-order valence-electron chi connectivity index (χ0n) is 6.26. The molecular formula is C7H15ClO2. The third-order valence-corrected chi connectivity index (χ3v) is 1.69. The lowest BCUT2D eigenvalue weighted by Gasteiger charge is -2.06. The van der Waals surface area contributed by atoms with Crippen molar-refractivity contribution in [3.63, 3.8) is 0 Å². The van der Waals surface area contributed by atoms with E-state index in [4.69, 9.17) is 21.8 Å². The number of hydrogen-bond donors (Lipinski definition) is 2. The van der Waals surface area contributed by atoms with Gasteiger partial charge in [0.2, 0.25) is 0 Å². The van der Waals surface area contributed by atoms with Crippen LogP contribution < -0.4 is 0 Å². The van der Waals surface area contributed by atoms with Crippen LogP contribution in [0.4, 0.5) is 0 Å². The van der Waals surface area contributed by atoms with Crippen molar-refractivity contribution in [3.05, 3.63) is 0 Å². The summed E-state index contributed by atoms with van der Waals surface area (Å²) in [5.74, 6) is 0.291. The van der Waals surface area contributed by atoms with Crippen LogP contribution in [-0.2, 0) is 0 Å². The van der Waals surface area contributed by atoms with E-state index in [0.717, 1.165) is 12.8 Å². The largest absolute Gasteiger partial charge is 0.393 e. The van der Waals surface area contributed by atoms with E-state index in [1.54, 1.807) is 6.92 Å². The molecule has 0 aromatic heterocycles. The number of alkyl halides is 1. The minimum absolute atomic E-state index is 0.262. The van der Waals surface area contributed by atoms with Crippen molar-refractivity contribution in [1.29, 1.82) is 0 Å². The molecule has 0 rings (SSSR count). The molecule has 0 fully saturated rings. The van der Waals surface area contributed by atoms with Gasteiger partial charge in [0.1, 0.15) is 0 Å². The number of hydrogen-bond acceptors (Lipinski definition) is 2. The molecule has 0 aliphatic heterocycles. The fourth-order valence-corrected chi connectivity index (χ4v) is 0.880. The molecule has 2 nitrogen and oxygen atoms in total. The van der Waals surface area contributed by atoms with Crippen molar-refractivity contribution in [2.24, 2.45) is 0 Å². The van der Waals surface area contributed by atoms with Crippen molar-refractivity contribution in [2.75, 3.05) is 5.88 Å². The van der Waals surface area contributed by atoms with Gasteiger partial charge in [-0.25, -0.2) is 0 Å². The van der Waals surface area contributed by atoms with Crippen LogP contribution in [0.25, 0.3) is 0 Å². The Balaban J connectivity index is 3.03. The fraction of sp³-hybridized carbons (Fsp3) is 1.00. The van der Waals surface area contributed by atoms with Crippen LogP contribution in [0.3, 0.4) is 0 Å². The van der Waals surface area contributed by atoms with E-state index in [2.05, 4.69) is 0 Å². The summed E-state index contributed by atoms with van der Waals surface area (Å²) in [6.45, 7) is 1.74. The maximum absolute atomic E-state index is 8.96. The smallest absolute Gasteiger partial charge is 0.0675 e. The summed E-state index contributed by atoms with van der Waals surface area (Å²) in [6, 6.07) is 0.